The first-order valence-corrected chi connectivity index (χ1v) is 7.95. The van der Waals surface area contributed by atoms with Crippen molar-refractivity contribution in [2.75, 3.05) is 0 Å². The molecular weight excluding hydrogens is 320 g/mol. The molecule has 1 N–H and O–H groups in total. The van der Waals surface area contributed by atoms with Gasteiger partial charge in [-0.05, 0) is 23.3 Å². The van der Waals surface area contributed by atoms with E-state index in [4.69, 9.17) is 11.6 Å². The van der Waals surface area contributed by atoms with Crippen LogP contribution in [0, 0.1) is 0 Å². The average molecular weight is 333 g/mol. The number of hydrogen-bond acceptors (Lipinski definition) is 2. The first-order valence-electron chi connectivity index (χ1n) is 7.57. The summed E-state index contributed by atoms with van der Waals surface area (Å²) >= 11 is 6.07. The zero-order chi connectivity index (χ0) is 16.5. The Morgan fingerprint density at radius 2 is 1.25 bits per heavy atom. The number of nitrogens with zero attached hydrogens (tertiary/aromatic N) is 1. The SMILES string of the molecule is O=C(NN=C1c2ccccc2-c2ccccc21)c1ccccc1Cl. The van der Waals surface area contributed by atoms with E-state index in [1.807, 2.05) is 36.4 Å². The number of carbonyl (C=O) groups excluding carboxylic acids is 1. The molecule has 0 spiro atoms. The van der Waals surface area contributed by atoms with E-state index in [0.717, 1.165) is 28.0 Å². The lowest BCUT2D eigenvalue weighted by Crippen LogP contribution is -2.20. The van der Waals surface area contributed by atoms with Crippen molar-refractivity contribution in [3.8, 4) is 11.1 Å². The number of rotatable bonds is 2. The number of hydrazone groups is 1. The van der Waals surface area contributed by atoms with Crippen molar-refractivity contribution < 1.29 is 4.79 Å². The highest BCUT2D eigenvalue weighted by Gasteiger charge is 2.24. The van der Waals surface area contributed by atoms with E-state index < -0.39 is 0 Å². The molecule has 0 atom stereocenters. The van der Waals surface area contributed by atoms with Gasteiger partial charge in [0.25, 0.3) is 5.91 Å². The molecule has 1 aliphatic carbocycles. The summed E-state index contributed by atoms with van der Waals surface area (Å²) in [6.45, 7) is 0. The smallest absolute Gasteiger partial charge is 0.267 e. The van der Waals surface area contributed by atoms with Gasteiger partial charge in [0.05, 0.1) is 16.3 Å². The highest BCUT2D eigenvalue weighted by molar-refractivity contribution is 6.33. The molecule has 3 aromatic carbocycles. The number of nitrogens with one attached hydrogen (secondary N) is 1. The molecule has 0 radical (unpaired) electrons. The summed E-state index contributed by atoms with van der Waals surface area (Å²) in [6.07, 6.45) is 0. The molecule has 1 amide bonds. The molecule has 116 valence electrons. The second-order valence-corrected chi connectivity index (χ2v) is 5.88. The lowest BCUT2D eigenvalue weighted by atomic mass is 10.1. The number of halogens is 1. The fraction of sp³-hybridized carbons (Fsp3) is 0. The number of fused-ring (bicyclic) bond motifs is 3. The second-order valence-electron chi connectivity index (χ2n) is 5.47. The summed E-state index contributed by atoms with van der Waals surface area (Å²) in [5, 5.41) is 4.79. The van der Waals surface area contributed by atoms with Crippen molar-refractivity contribution in [1.82, 2.24) is 5.43 Å². The minimum Gasteiger partial charge on any atom is -0.267 e. The van der Waals surface area contributed by atoms with Gasteiger partial charge in [-0.1, -0.05) is 72.3 Å². The highest BCUT2D eigenvalue weighted by Crippen LogP contribution is 2.36. The summed E-state index contributed by atoms with van der Waals surface area (Å²) in [6, 6.07) is 23.0. The Bertz CT molecular complexity index is 931. The molecule has 0 fully saturated rings. The van der Waals surface area contributed by atoms with E-state index in [-0.39, 0.29) is 5.91 Å². The van der Waals surface area contributed by atoms with Crippen molar-refractivity contribution >= 4 is 23.2 Å². The fourth-order valence-electron chi connectivity index (χ4n) is 2.93. The molecule has 3 nitrogen and oxygen atoms in total. The van der Waals surface area contributed by atoms with Gasteiger partial charge in [0.1, 0.15) is 0 Å². The molecule has 0 heterocycles. The molecule has 1 aliphatic rings. The molecule has 3 aromatic rings. The van der Waals surface area contributed by atoms with Crippen molar-refractivity contribution in [2.24, 2.45) is 5.10 Å². The van der Waals surface area contributed by atoms with Crippen LogP contribution in [0.5, 0.6) is 0 Å². The van der Waals surface area contributed by atoms with Crippen molar-refractivity contribution in [2.45, 2.75) is 0 Å². The Morgan fingerprint density at radius 3 is 1.83 bits per heavy atom. The summed E-state index contributed by atoms with van der Waals surface area (Å²) in [5.41, 5.74) is 8.07. The van der Waals surface area contributed by atoms with Gasteiger partial charge in [0.15, 0.2) is 0 Å². The Labute approximate surface area is 144 Å². The maximum atomic E-state index is 12.3. The lowest BCUT2D eigenvalue weighted by Gasteiger charge is -2.05. The van der Waals surface area contributed by atoms with E-state index in [1.54, 1.807) is 24.3 Å². The Hall–Kier alpha value is -2.91. The Kier molecular flexibility index (Phi) is 3.63. The maximum absolute atomic E-state index is 12.3. The topological polar surface area (TPSA) is 41.5 Å². The van der Waals surface area contributed by atoms with Crippen LogP contribution in [0.2, 0.25) is 5.02 Å². The summed E-state index contributed by atoms with van der Waals surface area (Å²) in [7, 11) is 0. The number of amides is 1. The highest BCUT2D eigenvalue weighted by atomic mass is 35.5. The van der Waals surface area contributed by atoms with Gasteiger partial charge in [0.2, 0.25) is 0 Å². The van der Waals surface area contributed by atoms with E-state index in [9.17, 15) is 4.79 Å². The summed E-state index contributed by atoms with van der Waals surface area (Å²) in [4.78, 5) is 12.3. The maximum Gasteiger partial charge on any atom is 0.272 e. The number of hydrogen-bond donors (Lipinski definition) is 1. The van der Waals surface area contributed by atoms with Crippen LogP contribution in [0.4, 0.5) is 0 Å². The number of carbonyl (C=O) groups is 1. The van der Waals surface area contributed by atoms with Gasteiger partial charge in [-0.3, -0.25) is 4.79 Å². The third-order valence-electron chi connectivity index (χ3n) is 4.04. The normalized spacial score (nSPS) is 11.6. The van der Waals surface area contributed by atoms with Crippen LogP contribution >= 0.6 is 11.6 Å². The molecule has 0 unspecified atom stereocenters. The van der Waals surface area contributed by atoms with Crippen molar-refractivity contribution in [3.63, 3.8) is 0 Å². The van der Waals surface area contributed by atoms with Crippen LogP contribution in [0.15, 0.2) is 77.9 Å². The number of benzene rings is 3. The molecule has 0 saturated heterocycles. The molecule has 4 heteroatoms. The van der Waals surface area contributed by atoms with Crippen LogP contribution in [0.25, 0.3) is 11.1 Å². The lowest BCUT2D eigenvalue weighted by molar-refractivity contribution is 0.0955. The third-order valence-corrected chi connectivity index (χ3v) is 4.37. The zero-order valence-electron chi connectivity index (χ0n) is 12.7. The van der Waals surface area contributed by atoms with Gasteiger partial charge < -0.3 is 0 Å². The average Bonchev–Trinajstić information content (AvgIpc) is 2.94. The predicted molar refractivity (Wildman–Crippen MR) is 96.4 cm³/mol. The quantitative estimate of drug-likeness (QED) is 0.539. The van der Waals surface area contributed by atoms with Crippen molar-refractivity contribution in [1.29, 1.82) is 0 Å². The van der Waals surface area contributed by atoms with E-state index in [1.165, 1.54) is 0 Å². The molecule has 0 aliphatic heterocycles. The molecule has 0 bridgehead atoms. The second kappa shape index (κ2) is 5.95. The summed E-state index contributed by atoms with van der Waals surface area (Å²) < 4.78 is 0. The molecular formula is C20H13ClN2O. The monoisotopic (exact) mass is 332 g/mol. The van der Waals surface area contributed by atoms with Crippen LogP contribution in [0.1, 0.15) is 21.5 Å². The van der Waals surface area contributed by atoms with E-state index in [2.05, 4.69) is 22.7 Å². The molecule has 0 aromatic heterocycles. The van der Waals surface area contributed by atoms with Gasteiger partial charge in [-0.25, -0.2) is 5.43 Å². The summed E-state index contributed by atoms with van der Waals surface area (Å²) in [5.74, 6) is -0.324. The van der Waals surface area contributed by atoms with Gasteiger partial charge in [0, 0.05) is 11.1 Å². The van der Waals surface area contributed by atoms with E-state index in [0.29, 0.717) is 10.6 Å². The van der Waals surface area contributed by atoms with Gasteiger partial charge >= 0.3 is 0 Å². The standard InChI is InChI=1S/C20H13ClN2O/c21-18-12-6-5-11-17(18)20(24)23-22-19-15-9-3-1-7-13(15)14-8-2-4-10-16(14)19/h1-12H,(H,23,24). The Morgan fingerprint density at radius 1 is 0.750 bits per heavy atom. The predicted octanol–water partition coefficient (Wildman–Crippen LogP) is 4.50. The molecule has 4 rings (SSSR count). The zero-order valence-corrected chi connectivity index (χ0v) is 13.4. The Balaban J connectivity index is 1.73. The van der Waals surface area contributed by atoms with Crippen molar-refractivity contribution in [3.05, 3.63) is 94.5 Å². The fourth-order valence-corrected chi connectivity index (χ4v) is 3.15. The van der Waals surface area contributed by atoms with Crippen LogP contribution in [-0.4, -0.2) is 11.6 Å². The van der Waals surface area contributed by atoms with Crippen LogP contribution in [0.3, 0.4) is 0 Å². The van der Waals surface area contributed by atoms with Crippen LogP contribution < -0.4 is 5.43 Å². The largest absolute Gasteiger partial charge is 0.272 e. The van der Waals surface area contributed by atoms with Gasteiger partial charge in [-0.2, -0.15) is 5.10 Å². The first kappa shape index (κ1) is 14.7. The minimum absolute atomic E-state index is 0.324. The molecule has 0 saturated carbocycles. The van der Waals surface area contributed by atoms with E-state index >= 15 is 0 Å². The van der Waals surface area contributed by atoms with Gasteiger partial charge in [-0.15, -0.1) is 0 Å². The first-order chi connectivity index (χ1) is 11.8. The van der Waals surface area contributed by atoms with Crippen LogP contribution in [-0.2, 0) is 0 Å². The minimum atomic E-state index is -0.324. The third kappa shape index (κ3) is 2.39. The molecule has 24 heavy (non-hydrogen) atoms.